The molecule has 0 bridgehead atoms. The summed E-state index contributed by atoms with van der Waals surface area (Å²) in [4.78, 5) is 19.8. The van der Waals surface area contributed by atoms with Crippen LogP contribution in [0.15, 0.2) is 12.2 Å². The Labute approximate surface area is 150 Å². The fourth-order valence-corrected chi connectivity index (χ4v) is 1.66. The molecule has 1 aliphatic heterocycles. The second-order valence-corrected chi connectivity index (χ2v) is 5.44. The Bertz CT molecular complexity index is 316. The van der Waals surface area contributed by atoms with E-state index in [1.807, 2.05) is 0 Å². The SMILES string of the molecule is CCCCC(CC)CO.O=C1C=CC(=O)O1.OCCCOCCCO. The summed E-state index contributed by atoms with van der Waals surface area (Å²) in [5.41, 5.74) is 0. The van der Waals surface area contributed by atoms with Crippen LogP contribution in [0, 0.1) is 5.92 Å². The molecule has 0 aliphatic carbocycles. The highest BCUT2D eigenvalue weighted by Crippen LogP contribution is 2.10. The molecule has 148 valence electrons. The van der Waals surface area contributed by atoms with Crippen molar-refractivity contribution in [2.24, 2.45) is 5.92 Å². The first-order valence-corrected chi connectivity index (χ1v) is 8.89. The van der Waals surface area contributed by atoms with Gasteiger partial charge in [0.1, 0.15) is 0 Å². The first kappa shape index (κ1) is 26.0. The van der Waals surface area contributed by atoms with Gasteiger partial charge in [-0.1, -0.05) is 33.1 Å². The van der Waals surface area contributed by atoms with Crippen LogP contribution in [0.3, 0.4) is 0 Å². The van der Waals surface area contributed by atoms with Gasteiger partial charge in [0.15, 0.2) is 0 Å². The number of aliphatic hydroxyl groups is 3. The van der Waals surface area contributed by atoms with Crippen molar-refractivity contribution in [3.63, 3.8) is 0 Å². The van der Waals surface area contributed by atoms with E-state index in [0.29, 0.717) is 38.6 Å². The van der Waals surface area contributed by atoms with Gasteiger partial charge in [0, 0.05) is 45.2 Å². The molecule has 1 aliphatic rings. The Morgan fingerprint density at radius 1 is 0.960 bits per heavy atom. The molecular formula is C18H34O7. The quantitative estimate of drug-likeness (QED) is 0.290. The Hall–Kier alpha value is -1.28. The monoisotopic (exact) mass is 362 g/mol. The molecule has 1 rings (SSSR count). The molecule has 1 heterocycles. The molecule has 1 atom stereocenters. The summed E-state index contributed by atoms with van der Waals surface area (Å²) in [7, 11) is 0. The number of hydrogen-bond acceptors (Lipinski definition) is 7. The maximum Gasteiger partial charge on any atom is 0.338 e. The van der Waals surface area contributed by atoms with Crippen molar-refractivity contribution in [2.45, 2.75) is 52.4 Å². The molecule has 0 aromatic heterocycles. The van der Waals surface area contributed by atoms with Gasteiger partial charge >= 0.3 is 11.9 Å². The summed E-state index contributed by atoms with van der Waals surface area (Å²) in [6, 6.07) is 0. The lowest BCUT2D eigenvalue weighted by atomic mass is 10.0. The smallest absolute Gasteiger partial charge is 0.338 e. The summed E-state index contributed by atoms with van der Waals surface area (Å²) in [5, 5.41) is 25.3. The third-order valence-corrected chi connectivity index (χ3v) is 3.25. The van der Waals surface area contributed by atoms with Crippen molar-refractivity contribution in [3.8, 4) is 0 Å². The zero-order valence-electron chi connectivity index (χ0n) is 15.5. The van der Waals surface area contributed by atoms with Crippen molar-refractivity contribution >= 4 is 11.9 Å². The standard InChI is InChI=1S/C8H18O.C6H14O3.C4H2O3/c1-3-5-6-8(4-2)7-9;7-3-1-5-9-6-2-4-8;5-3-1-2-4(6)7-3/h8-9H,3-7H2,1-2H3;7-8H,1-6H2;1-2H. The normalized spacial score (nSPS) is 13.5. The van der Waals surface area contributed by atoms with Crippen LogP contribution in [-0.2, 0) is 19.1 Å². The van der Waals surface area contributed by atoms with E-state index >= 15 is 0 Å². The van der Waals surface area contributed by atoms with E-state index in [0.717, 1.165) is 18.6 Å². The lowest BCUT2D eigenvalue weighted by Crippen LogP contribution is -2.03. The number of carbonyl (C=O) groups excluding carboxylic acids is 2. The van der Waals surface area contributed by atoms with Gasteiger partial charge in [-0.05, 0) is 25.2 Å². The van der Waals surface area contributed by atoms with Gasteiger partial charge in [-0.3, -0.25) is 0 Å². The number of hydrogen-bond donors (Lipinski definition) is 3. The molecular weight excluding hydrogens is 328 g/mol. The van der Waals surface area contributed by atoms with Crippen molar-refractivity contribution in [2.75, 3.05) is 33.0 Å². The zero-order valence-corrected chi connectivity index (χ0v) is 15.5. The van der Waals surface area contributed by atoms with Crippen LogP contribution >= 0.6 is 0 Å². The van der Waals surface area contributed by atoms with Crippen LogP contribution in [0.5, 0.6) is 0 Å². The average Bonchev–Trinajstić information content (AvgIpc) is 3.00. The molecule has 0 radical (unpaired) electrons. The molecule has 0 spiro atoms. The summed E-state index contributed by atoms with van der Waals surface area (Å²) in [6.07, 6.45) is 8.37. The number of unbranched alkanes of at least 4 members (excludes halogenated alkanes) is 1. The summed E-state index contributed by atoms with van der Waals surface area (Å²) < 4.78 is 8.97. The lowest BCUT2D eigenvalue weighted by Gasteiger charge is -2.08. The average molecular weight is 362 g/mol. The van der Waals surface area contributed by atoms with Gasteiger partial charge in [-0.15, -0.1) is 0 Å². The highest BCUT2D eigenvalue weighted by atomic mass is 16.6. The minimum Gasteiger partial charge on any atom is -0.396 e. The van der Waals surface area contributed by atoms with E-state index in [4.69, 9.17) is 20.1 Å². The maximum atomic E-state index is 9.92. The first-order valence-electron chi connectivity index (χ1n) is 8.89. The number of cyclic esters (lactones) is 2. The molecule has 0 saturated carbocycles. The summed E-state index contributed by atoms with van der Waals surface area (Å²) in [5.74, 6) is -0.597. The number of ether oxygens (including phenoxy) is 2. The fraction of sp³-hybridized carbons (Fsp3) is 0.778. The summed E-state index contributed by atoms with van der Waals surface area (Å²) in [6.45, 7) is 6.24. The maximum absolute atomic E-state index is 9.92. The predicted octanol–water partition coefficient (Wildman–Crippen LogP) is 1.59. The zero-order chi connectivity index (χ0) is 19.3. The minimum atomic E-state index is -0.579. The van der Waals surface area contributed by atoms with Gasteiger partial charge in [-0.25, -0.2) is 9.59 Å². The van der Waals surface area contributed by atoms with Crippen molar-refractivity contribution in [3.05, 3.63) is 12.2 Å². The van der Waals surface area contributed by atoms with Crippen molar-refractivity contribution in [1.29, 1.82) is 0 Å². The molecule has 7 heteroatoms. The Morgan fingerprint density at radius 3 is 1.76 bits per heavy atom. The van der Waals surface area contributed by atoms with Crippen LogP contribution in [0.25, 0.3) is 0 Å². The largest absolute Gasteiger partial charge is 0.396 e. The van der Waals surface area contributed by atoms with Gasteiger partial charge in [0.25, 0.3) is 0 Å². The molecule has 1 unspecified atom stereocenters. The summed E-state index contributed by atoms with van der Waals surface area (Å²) >= 11 is 0. The molecule has 0 saturated heterocycles. The number of rotatable bonds is 11. The predicted molar refractivity (Wildman–Crippen MR) is 94.9 cm³/mol. The van der Waals surface area contributed by atoms with E-state index in [9.17, 15) is 9.59 Å². The third-order valence-electron chi connectivity index (χ3n) is 3.25. The Morgan fingerprint density at radius 2 is 1.48 bits per heavy atom. The number of aliphatic hydroxyl groups excluding tert-OH is 3. The second-order valence-electron chi connectivity index (χ2n) is 5.44. The van der Waals surface area contributed by atoms with Crippen LogP contribution in [0.2, 0.25) is 0 Å². The first-order chi connectivity index (χ1) is 12.0. The van der Waals surface area contributed by atoms with Gasteiger partial charge in [0.05, 0.1) is 0 Å². The Balaban J connectivity index is 0. The van der Waals surface area contributed by atoms with E-state index in [-0.39, 0.29) is 13.2 Å². The number of esters is 2. The molecule has 25 heavy (non-hydrogen) atoms. The van der Waals surface area contributed by atoms with Gasteiger partial charge in [-0.2, -0.15) is 0 Å². The molecule has 0 amide bonds. The molecule has 0 fully saturated rings. The minimum absolute atomic E-state index is 0.180. The van der Waals surface area contributed by atoms with E-state index < -0.39 is 11.9 Å². The highest BCUT2D eigenvalue weighted by molar-refractivity contribution is 6.04. The molecule has 7 nitrogen and oxygen atoms in total. The van der Waals surface area contributed by atoms with E-state index in [1.165, 1.54) is 19.3 Å². The fourth-order valence-electron chi connectivity index (χ4n) is 1.66. The van der Waals surface area contributed by atoms with Crippen molar-refractivity contribution < 1.29 is 34.4 Å². The topological polar surface area (TPSA) is 113 Å². The molecule has 3 N–H and O–H groups in total. The van der Waals surface area contributed by atoms with Gasteiger partial charge < -0.3 is 24.8 Å². The number of carbonyl (C=O) groups is 2. The van der Waals surface area contributed by atoms with Crippen LogP contribution in [0.1, 0.15) is 52.4 Å². The van der Waals surface area contributed by atoms with Gasteiger partial charge in [0.2, 0.25) is 0 Å². The van der Waals surface area contributed by atoms with Crippen LogP contribution in [-0.4, -0.2) is 60.3 Å². The third kappa shape index (κ3) is 20.7. The Kier molecular flexibility index (Phi) is 21.6. The lowest BCUT2D eigenvalue weighted by molar-refractivity contribution is -0.150. The van der Waals surface area contributed by atoms with E-state index in [2.05, 4.69) is 18.6 Å². The van der Waals surface area contributed by atoms with Crippen LogP contribution < -0.4 is 0 Å². The molecule has 0 aromatic rings. The highest BCUT2D eigenvalue weighted by Gasteiger charge is 2.10. The van der Waals surface area contributed by atoms with Crippen LogP contribution in [0.4, 0.5) is 0 Å². The second kappa shape index (κ2) is 20.8. The molecule has 0 aromatic carbocycles. The van der Waals surface area contributed by atoms with Crippen molar-refractivity contribution in [1.82, 2.24) is 0 Å². The van der Waals surface area contributed by atoms with E-state index in [1.54, 1.807) is 0 Å².